The molecular weight excluding hydrogens is 268 g/mol. The molecule has 0 spiro atoms. The molecule has 2 heterocycles. The van der Waals surface area contributed by atoms with Crippen molar-refractivity contribution >= 4 is 17.6 Å². The fourth-order valence-corrected chi connectivity index (χ4v) is 2.62. The van der Waals surface area contributed by atoms with Gasteiger partial charge in [0.1, 0.15) is 5.69 Å². The van der Waals surface area contributed by atoms with Gasteiger partial charge in [0.15, 0.2) is 0 Å². The summed E-state index contributed by atoms with van der Waals surface area (Å²) in [4.78, 5) is 29.5. The number of hydrogen-bond acceptors (Lipinski definition) is 3. The average molecular weight is 282 g/mol. The fourth-order valence-electron chi connectivity index (χ4n) is 2.62. The summed E-state index contributed by atoms with van der Waals surface area (Å²) in [6, 6.07) is 10.6. The molecule has 0 fully saturated rings. The van der Waals surface area contributed by atoms with Gasteiger partial charge in [-0.2, -0.15) is 0 Å². The van der Waals surface area contributed by atoms with Crippen molar-refractivity contribution in [3.8, 4) is 0 Å². The lowest BCUT2D eigenvalue weighted by molar-refractivity contribution is 0.0691. The van der Waals surface area contributed by atoms with Gasteiger partial charge in [0.05, 0.1) is 5.56 Å². The molecule has 0 atom stereocenters. The van der Waals surface area contributed by atoms with Crippen LogP contribution < -0.4 is 4.90 Å². The van der Waals surface area contributed by atoms with Crippen molar-refractivity contribution in [2.45, 2.75) is 12.8 Å². The Morgan fingerprint density at radius 2 is 1.95 bits per heavy atom. The van der Waals surface area contributed by atoms with E-state index in [-0.39, 0.29) is 17.2 Å². The number of hydrogen-bond donors (Lipinski definition) is 1. The SMILES string of the molecule is O=C(O)c1cccnc1C(=O)N1CCCc2ccccc21. The minimum Gasteiger partial charge on any atom is -0.478 e. The second-order valence-corrected chi connectivity index (χ2v) is 4.89. The largest absolute Gasteiger partial charge is 0.478 e. The number of carboxylic acids is 1. The van der Waals surface area contributed by atoms with Gasteiger partial charge in [-0.15, -0.1) is 0 Å². The zero-order valence-corrected chi connectivity index (χ0v) is 11.3. The van der Waals surface area contributed by atoms with Crippen LogP contribution in [-0.4, -0.2) is 28.5 Å². The Morgan fingerprint density at radius 1 is 1.14 bits per heavy atom. The molecule has 21 heavy (non-hydrogen) atoms. The summed E-state index contributed by atoms with van der Waals surface area (Å²) in [6.45, 7) is 0.575. The van der Waals surface area contributed by atoms with Crippen molar-refractivity contribution < 1.29 is 14.7 Å². The number of benzene rings is 1. The molecule has 0 saturated carbocycles. The summed E-state index contributed by atoms with van der Waals surface area (Å²) in [7, 11) is 0. The van der Waals surface area contributed by atoms with Gasteiger partial charge in [0.2, 0.25) is 0 Å². The number of rotatable bonds is 2. The molecule has 106 valence electrons. The number of para-hydroxylation sites is 1. The standard InChI is InChI=1S/C16H14N2O3/c19-15(14-12(16(20)21)7-3-9-17-14)18-10-4-6-11-5-1-2-8-13(11)18/h1-3,5,7-9H,4,6,10H2,(H,20,21). The lowest BCUT2D eigenvalue weighted by atomic mass is 10.0. The number of aryl methyl sites for hydroxylation is 1. The first-order chi connectivity index (χ1) is 10.2. The van der Waals surface area contributed by atoms with E-state index in [9.17, 15) is 14.7 Å². The van der Waals surface area contributed by atoms with Gasteiger partial charge in [-0.25, -0.2) is 4.79 Å². The number of anilines is 1. The number of aromatic nitrogens is 1. The van der Waals surface area contributed by atoms with E-state index in [0.717, 1.165) is 24.1 Å². The molecule has 1 aromatic carbocycles. The van der Waals surface area contributed by atoms with Crippen molar-refractivity contribution in [2.75, 3.05) is 11.4 Å². The van der Waals surface area contributed by atoms with Gasteiger partial charge in [-0.1, -0.05) is 18.2 Å². The Morgan fingerprint density at radius 3 is 2.76 bits per heavy atom. The van der Waals surface area contributed by atoms with Crippen LogP contribution in [0, 0.1) is 0 Å². The molecular formula is C16H14N2O3. The number of fused-ring (bicyclic) bond motifs is 1. The highest BCUT2D eigenvalue weighted by molar-refractivity contribution is 6.11. The Hall–Kier alpha value is -2.69. The number of amides is 1. The lowest BCUT2D eigenvalue weighted by Crippen LogP contribution is -2.36. The molecule has 1 aliphatic rings. The van der Waals surface area contributed by atoms with Crippen LogP contribution >= 0.6 is 0 Å². The molecule has 1 amide bonds. The molecule has 5 heteroatoms. The fraction of sp³-hybridized carbons (Fsp3) is 0.188. The molecule has 2 aromatic rings. The zero-order valence-electron chi connectivity index (χ0n) is 11.3. The molecule has 0 radical (unpaired) electrons. The van der Waals surface area contributed by atoms with E-state index in [2.05, 4.69) is 4.98 Å². The van der Waals surface area contributed by atoms with E-state index in [0.29, 0.717) is 6.54 Å². The van der Waals surface area contributed by atoms with Crippen molar-refractivity contribution in [3.63, 3.8) is 0 Å². The second kappa shape index (κ2) is 5.36. The van der Waals surface area contributed by atoms with Crippen LogP contribution in [0.25, 0.3) is 0 Å². The van der Waals surface area contributed by atoms with E-state index in [1.165, 1.54) is 18.3 Å². The molecule has 0 unspecified atom stereocenters. The van der Waals surface area contributed by atoms with Crippen LogP contribution in [0.15, 0.2) is 42.6 Å². The number of pyridine rings is 1. The highest BCUT2D eigenvalue weighted by Crippen LogP contribution is 2.28. The van der Waals surface area contributed by atoms with E-state index in [1.807, 2.05) is 24.3 Å². The summed E-state index contributed by atoms with van der Waals surface area (Å²) in [5, 5.41) is 9.20. The normalized spacial score (nSPS) is 13.6. The maximum atomic E-state index is 12.7. The molecule has 5 nitrogen and oxygen atoms in total. The van der Waals surface area contributed by atoms with Crippen molar-refractivity contribution in [1.82, 2.24) is 4.98 Å². The first kappa shape index (κ1) is 13.3. The van der Waals surface area contributed by atoms with Crippen molar-refractivity contribution in [1.29, 1.82) is 0 Å². The molecule has 1 N–H and O–H groups in total. The summed E-state index contributed by atoms with van der Waals surface area (Å²) in [6.07, 6.45) is 3.22. The summed E-state index contributed by atoms with van der Waals surface area (Å²) >= 11 is 0. The van der Waals surface area contributed by atoms with Gasteiger partial charge < -0.3 is 10.0 Å². The second-order valence-electron chi connectivity index (χ2n) is 4.89. The maximum absolute atomic E-state index is 12.7. The van der Waals surface area contributed by atoms with Crippen molar-refractivity contribution in [3.05, 3.63) is 59.4 Å². The number of carbonyl (C=O) groups excluding carboxylic acids is 1. The Balaban J connectivity index is 2.03. The smallest absolute Gasteiger partial charge is 0.338 e. The van der Waals surface area contributed by atoms with Gasteiger partial charge >= 0.3 is 5.97 Å². The zero-order chi connectivity index (χ0) is 14.8. The number of nitrogens with zero attached hydrogens (tertiary/aromatic N) is 2. The third kappa shape index (κ3) is 2.38. The summed E-state index contributed by atoms with van der Waals surface area (Å²) < 4.78 is 0. The van der Waals surface area contributed by atoms with Crippen LogP contribution in [0.3, 0.4) is 0 Å². The lowest BCUT2D eigenvalue weighted by Gasteiger charge is -2.29. The first-order valence-corrected chi connectivity index (χ1v) is 6.76. The van der Waals surface area contributed by atoms with E-state index < -0.39 is 5.97 Å². The average Bonchev–Trinajstić information content (AvgIpc) is 2.53. The highest BCUT2D eigenvalue weighted by atomic mass is 16.4. The molecule has 1 aromatic heterocycles. The Bertz CT molecular complexity index is 712. The molecule has 0 saturated heterocycles. The predicted octanol–water partition coefficient (Wildman–Crippen LogP) is 2.37. The van der Waals surface area contributed by atoms with E-state index >= 15 is 0 Å². The Labute approximate surface area is 121 Å². The van der Waals surface area contributed by atoms with E-state index in [1.54, 1.807) is 4.90 Å². The number of carbonyl (C=O) groups is 2. The minimum absolute atomic E-state index is 0.0123. The summed E-state index contributed by atoms with van der Waals surface area (Å²) in [5.41, 5.74) is 1.87. The predicted molar refractivity (Wildman–Crippen MR) is 77.6 cm³/mol. The van der Waals surface area contributed by atoms with Gasteiger partial charge in [-0.3, -0.25) is 9.78 Å². The monoisotopic (exact) mass is 282 g/mol. The maximum Gasteiger partial charge on any atom is 0.338 e. The topological polar surface area (TPSA) is 70.5 Å². The molecule has 3 rings (SSSR count). The van der Waals surface area contributed by atoms with Crippen LogP contribution in [-0.2, 0) is 6.42 Å². The molecule has 0 aliphatic carbocycles. The van der Waals surface area contributed by atoms with Crippen LogP contribution in [0.5, 0.6) is 0 Å². The van der Waals surface area contributed by atoms with Crippen molar-refractivity contribution in [2.24, 2.45) is 0 Å². The van der Waals surface area contributed by atoms with Crippen LogP contribution in [0.4, 0.5) is 5.69 Å². The van der Waals surface area contributed by atoms with Gasteiger partial charge in [0, 0.05) is 18.4 Å². The Kier molecular flexibility index (Phi) is 3.39. The third-order valence-corrected chi connectivity index (χ3v) is 3.60. The van der Waals surface area contributed by atoms with E-state index in [4.69, 9.17) is 0 Å². The van der Waals surface area contributed by atoms with Gasteiger partial charge in [0.25, 0.3) is 5.91 Å². The number of carboxylic acid groups (broad SMARTS) is 1. The van der Waals surface area contributed by atoms with Crippen LogP contribution in [0.2, 0.25) is 0 Å². The highest BCUT2D eigenvalue weighted by Gasteiger charge is 2.27. The molecule has 1 aliphatic heterocycles. The first-order valence-electron chi connectivity index (χ1n) is 6.76. The quantitative estimate of drug-likeness (QED) is 0.918. The minimum atomic E-state index is -1.14. The van der Waals surface area contributed by atoms with Gasteiger partial charge in [-0.05, 0) is 36.6 Å². The number of aromatic carboxylic acids is 1. The van der Waals surface area contributed by atoms with Crippen LogP contribution in [0.1, 0.15) is 32.8 Å². The third-order valence-electron chi connectivity index (χ3n) is 3.60. The summed E-state index contributed by atoms with van der Waals surface area (Å²) in [5.74, 6) is -1.50. The molecule has 0 bridgehead atoms.